The van der Waals surface area contributed by atoms with Crippen LogP contribution in [0, 0.1) is 0 Å². The number of carbonyl (C=O) groups excluding carboxylic acids is 2. The topological polar surface area (TPSA) is 82.1 Å². The number of carbonyl (C=O) groups is 2. The highest BCUT2D eigenvalue weighted by molar-refractivity contribution is 5.66. The molecular formula is C10H14O6. The van der Waals surface area contributed by atoms with Crippen LogP contribution in [-0.4, -0.2) is 42.0 Å². The van der Waals surface area contributed by atoms with Gasteiger partial charge in [-0.1, -0.05) is 0 Å². The normalized spacial score (nSPS) is 28.1. The van der Waals surface area contributed by atoms with Crippen molar-refractivity contribution in [3.8, 4) is 0 Å². The molecular weight excluding hydrogens is 216 g/mol. The van der Waals surface area contributed by atoms with Crippen LogP contribution in [0.2, 0.25) is 0 Å². The predicted molar refractivity (Wildman–Crippen MR) is 52.2 cm³/mol. The SMILES string of the molecule is CC(=O)OCC1OC=C[C@H](O)C1OC(C)=O. The molecule has 0 aliphatic carbocycles. The second-order valence-corrected chi connectivity index (χ2v) is 3.37. The maximum absolute atomic E-state index is 10.8. The molecule has 1 heterocycles. The first-order chi connectivity index (χ1) is 7.50. The van der Waals surface area contributed by atoms with Crippen molar-refractivity contribution in [1.82, 2.24) is 0 Å². The lowest BCUT2D eigenvalue weighted by atomic mass is 10.1. The smallest absolute Gasteiger partial charge is 0.303 e. The number of aliphatic hydroxyl groups excluding tert-OH is 1. The highest BCUT2D eigenvalue weighted by Gasteiger charge is 2.34. The summed E-state index contributed by atoms with van der Waals surface area (Å²) in [6.45, 7) is 2.42. The molecule has 1 aliphatic rings. The second kappa shape index (κ2) is 5.50. The number of esters is 2. The molecule has 0 aromatic heterocycles. The van der Waals surface area contributed by atoms with Crippen molar-refractivity contribution in [3.05, 3.63) is 12.3 Å². The van der Waals surface area contributed by atoms with Gasteiger partial charge in [0.25, 0.3) is 0 Å². The summed E-state index contributed by atoms with van der Waals surface area (Å²) in [5, 5.41) is 9.57. The molecule has 0 saturated heterocycles. The van der Waals surface area contributed by atoms with E-state index in [0.29, 0.717) is 0 Å². The Kier molecular flexibility index (Phi) is 4.30. The van der Waals surface area contributed by atoms with Crippen LogP contribution in [0.4, 0.5) is 0 Å². The standard InChI is InChI=1S/C10H14O6/c1-6(11)15-5-9-10(16-7(2)12)8(13)3-4-14-9/h3-4,8-10,13H,5H2,1-2H3/t8-,9?,10?/m0/s1. The summed E-state index contributed by atoms with van der Waals surface area (Å²) in [6.07, 6.45) is 0.143. The Morgan fingerprint density at radius 2 is 2.06 bits per heavy atom. The lowest BCUT2D eigenvalue weighted by Crippen LogP contribution is -2.45. The summed E-state index contributed by atoms with van der Waals surface area (Å²) < 4.78 is 14.8. The molecule has 90 valence electrons. The van der Waals surface area contributed by atoms with Crippen molar-refractivity contribution in [2.75, 3.05) is 6.61 Å². The summed E-state index contributed by atoms with van der Waals surface area (Å²) in [5.41, 5.74) is 0. The number of aliphatic hydroxyl groups is 1. The van der Waals surface area contributed by atoms with Crippen molar-refractivity contribution >= 4 is 11.9 Å². The molecule has 1 N–H and O–H groups in total. The van der Waals surface area contributed by atoms with Crippen LogP contribution in [0.3, 0.4) is 0 Å². The van der Waals surface area contributed by atoms with Crippen molar-refractivity contribution in [2.24, 2.45) is 0 Å². The van der Waals surface area contributed by atoms with Crippen molar-refractivity contribution in [2.45, 2.75) is 32.2 Å². The zero-order chi connectivity index (χ0) is 12.1. The van der Waals surface area contributed by atoms with E-state index in [4.69, 9.17) is 14.2 Å². The van der Waals surface area contributed by atoms with Gasteiger partial charge in [-0.3, -0.25) is 9.59 Å². The van der Waals surface area contributed by atoms with Crippen LogP contribution >= 0.6 is 0 Å². The predicted octanol–water partition coefficient (Wildman–Crippen LogP) is -0.245. The fourth-order valence-corrected chi connectivity index (χ4v) is 1.30. The average Bonchev–Trinajstić information content (AvgIpc) is 2.18. The van der Waals surface area contributed by atoms with Gasteiger partial charge in [0.15, 0.2) is 12.2 Å². The first-order valence-corrected chi connectivity index (χ1v) is 4.81. The minimum absolute atomic E-state index is 0.0747. The van der Waals surface area contributed by atoms with Crippen molar-refractivity contribution in [3.63, 3.8) is 0 Å². The van der Waals surface area contributed by atoms with Gasteiger partial charge in [-0.25, -0.2) is 0 Å². The van der Waals surface area contributed by atoms with E-state index in [1.807, 2.05) is 0 Å². The monoisotopic (exact) mass is 230 g/mol. The number of rotatable bonds is 3. The largest absolute Gasteiger partial charge is 0.491 e. The molecule has 3 atom stereocenters. The Hall–Kier alpha value is -1.56. The van der Waals surface area contributed by atoms with Gasteiger partial charge in [-0.15, -0.1) is 0 Å². The van der Waals surface area contributed by atoms with E-state index in [9.17, 15) is 14.7 Å². The fourth-order valence-electron chi connectivity index (χ4n) is 1.30. The Morgan fingerprint density at radius 1 is 1.38 bits per heavy atom. The summed E-state index contributed by atoms with van der Waals surface area (Å²) in [6, 6.07) is 0. The maximum Gasteiger partial charge on any atom is 0.303 e. The number of hydrogen-bond donors (Lipinski definition) is 1. The molecule has 16 heavy (non-hydrogen) atoms. The highest BCUT2D eigenvalue weighted by atomic mass is 16.6. The maximum atomic E-state index is 10.8. The lowest BCUT2D eigenvalue weighted by molar-refractivity contribution is -0.168. The van der Waals surface area contributed by atoms with E-state index in [-0.39, 0.29) is 6.61 Å². The Labute approximate surface area is 92.8 Å². The first kappa shape index (κ1) is 12.5. The Morgan fingerprint density at radius 3 is 2.62 bits per heavy atom. The quantitative estimate of drug-likeness (QED) is 0.673. The first-order valence-electron chi connectivity index (χ1n) is 4.81. The van der Waals surface area contributed by atoms with Crippen molar-refractivity contribution in [1.29, 1.82) is 0 Å². The third kappa shape index (κ3) is 3.54. The van der Waals surface area contributed by atoms with Gasteiger partial charge in [0, 0.05) is 13.8 Å². The van der Waals surface area contributed by atoms with Crippen LogP contribution in [0.1, 0.15) is 13.8 Å². The van der Waals surface area contributed by atoms with Gasteiger partial charge in [-0.2, -0.15) is 0 Å². The zero-order valence-electron chi connectivity index (χ0n) is 9.08. The molecule has 6 nitrogen and oxygen atoms in total. The molecule has 0 fully saturated rings. The molecule has 0 radical (unpaired) electrons. The fraction of sp³-hybridized carbons (Fsp3) is 0.600. The van der Waals surface area contributed by atoms with E-state index in [0.717, 1.165) is 0 Å². The minimum atomic E-state index is -0.960. The van der Waals surface area contributed by atoms with Gasteiger partial charge in [-0.05, 0) is 6.08 Å². The lowest BCUT2D eigenvalue weighted by Gasteiger charge is -2.30. The van der Waals surface area contributed by atoms with Crippen LogP contribution in [-0.2, 0) is 23.8 Å². The number of hydrogen-bond acceptors (Lipinski definition) is 6. The Bertz CT molecular complexity index is 298. The summed E-state index contributed by atoms with van der Waals surface area (Å²) in [7, 11) is 0. The second-order valence-electron chi connectivity index (χ2n) is 3.37. The van der Waals surface area contributed by atoms with Gasteiger partial charge in [0.2, 0.25) is 0 Å². The van der Waals surface area contributed by atoms with Crippen molar-refractivity contribution < 1.29 is 28.9 Å². The van der Waals surface area contributed by atoms with Crippen LogP contribution in [0.25, 0.3) is 0 Å². The molecule has 0 saturated carbocycles. The molecule has 1 rings (SSSR count). The molecule has 0 aromatic carbocycles. The molecule has 6 heteroatoms. The van der Waals surface area contributed by atoms with Crippen LogP contribution < -0.4 is 0 Å². The molecule has 0 aromatic rings. The van der Waals surface area contributed by atoms with Gasteiger partial charge in [0.1, 0.15) is 12.7 Å². The van der Waals surface area contributed by atoms with E-state index in [2.05, 4.69) is 0 Å². The van der Waals surface area contributed by atoms with Crippen LogP contribution in [0.5, 0.6) is 0 Å². The van der Waals surface area contributed by atoms with E-state index < -0.39 is 30.3 Å². The van der Waals surface area contributed by atoms with Gasteiger partial charge >= 0.3 is 11.9 Å². The molecule has 0 spiro atoms. The summed E-state index contributed by atoms with van der Waals surface area (Å²) >= 11 is 0. The zero-order valence-corrected chi connectivity index (χ0v) is 9.08. The third-order valence-corrected chi connectivity index (χ3v) is 1.99. The van der Waals surface area contributed by atoms with Crippen LogP contribution in [0.15, 0.2) is 12.3 Å². The van der Waals surface area contributed by atoms with E-state index >= 15 is 0 Å². The van der Waals surface area contributed by atoms with E-state index in [1.54, 1.807) is 0 Å². The minimum Gasteiger partial charge on any atom is -0.491 e. The summed E-state index contributed by atoms with van der Waals surface area (Å²) in [5.74, 6) is -0.995. The third-order valence-electron chi connectivity index (χ3n) is 1.99. The Balaban J connectivity index is 2.60. The molecule has 0 amide bonds. The van der Waals surface area contributed by atoms with Gasteiger partial charge < -0.3 is 19.3 Å². The van der Waals surface area contributed by atoms with Gasteiger partial charge in [0.05, 0.1) is 6.26 Å². The van der Waals surface area contributed by atoms with E-state index in [1.165, 1.54) is 26.2 Å². The average molecular weight is 230 g/mol. The molecule has 2 unspecified atom stereocenters. The summed E-state index contributed by atoms with van der Waals surface area (Å²) in [4.78, 5) is 21.5. The molecule has 0 bridgehead atoms. The molecule has 1 aliphatic heterocycles. The highest BCUT2D eigenvalue weighted by Crippen LogP contribution is 2.16. The number of ether oxygens (including phenoxy) is 3.